The van der Waals surface area contributed by atoms with E-state index in [4.69, 9.17) is 11.6 Å². The van der Waals surface area contributed by atoms with Crippen molar-refractivity contribution in [3.05, 3.63) is 77.8 Å². The molecular formula is C20H18ClN5O2S. The van der Waals surface area contributed by atoms with Crippen molar-refractivity contribution in [2.45, 2.75) is 11.4 Å². The van der Waals surface area contributed by atoms with E-state index in [1.165, 1.54) is 22.4 Å². The molecule has 0 atom stereocenters. The number of nitrogens with zero attached hydrogens (tertiary/aromatic N) is 3. The summed E-state index contributed by atoms with van der Waals surface area (Å²) in [6, 6.07) is 12.1. The van der Waals surface area contributed by atoms with Gasteiger partial charge in [0, 0.05) is 42.4 Å². The number of halogens is 1. The van der Waals surface area contributed by atoms with Crippen molar-refractivity contribution in [3.63, 3.8) is 0 Å². The quantitative estimate of drug-likeness (QED) is 0.486. The summed E-state index contributed by atoms with van der Waals surface area (Å²) in [5.74, 6) is 0.497. The van der Waals surface area contributed by atoms with Crippen LogP contribution in [-0.2, 0) is 16.6 Å². The fourth-order valence-corrected chi connectivity index (χ4v) is 4.62. The van der Waals surface area contributed by atoms with Crippen molar-refractivity contribution in [1.82, 2.24) is 19.3 Å². The van der Waals surface area contributed by atoms with Crippen molar-refractivity contribution in [3.8, 4) is 0 Å². The Morgan fingerprint density at radius 1 is 1.14 bits per heavy atom. The van der Waals surface area contributed by atoms with E-state index in [0.29, 0.717) is 28.6 Å². The highest BCUT2D eigenvalue weighted by Gasteiger charge is 2.21. The molecule has 0 radical (unpaired) electrons. The Kier molecular flexibility index (Phi) is 5.23. The van der Waals surface area contributed by atoms with Gasteiger partial charge in [0.25, 0.3) is 10.0 Å². The molecule has 0 spiro atoms. The van der Waals surface area contributed by atoms with Crippen LogP contribution in [0, 0.1) is 0 Å². The van der Waals surface area contributed by atoms with Gasteiger partial charge in [-0.25, -0.2) is 17.4 Å². The van der Waals surface area contributed by atoms with Gasteiger partial charge in [0.2, 0.25) is 0 Å². The number of fused-ring (bicyclic) bond motifs is 1. The molecule has 4 aromatic rings. The zero-order chi connectivity index (χ0) is 20.4. The molecule has 0 saturated carbocycles. The molecule has 2 N–H and O–H groups in total. The summed E-state index contributed by atoms with van der Waals surface area (Å²) in [6.07, 6.45) is 6.15. The number of rotatable bonds is 6. The zero-order valence-corrected chi connectivity index (χ0v) is 17.1. The molecule has 0 unspecified atom stereocenters. The van der Waals surface area contributed by atoms with E-state index in [2.05, 4.69) is 20.6 Å². The normalized spacial score (nSPS) is 11.7. The molecule has 4 rings (SSSR count). The van der Waals surface area contributed by atoms with Gasteiger partial charge in [-0.2, -0.15) is 0 Å². The summed E-state index contributed by atoms with van der Waals surface area (Å²) in [5, 5.41) is 7.54. The highest BCUT2D eigenvalue weighted by molar-refractivity contribution is 7.90. The van der Waals surface area contributed by atoms with Crippen LogP contribution in [0.5, 0.6) is 0 Å². The molecule has 0 saturated heterocycles. The van der Waals surface area contributed by atoms with E-state index in [1.807, 2.05) is 19.2 Å². The second-order valence-corrected chi connectivity index (χ2v) is 8.59. The van der Waals surface area contributed by atoms with Gasteiger partial charge in [-0.3, -0.25) is 4.98 Å². The zero-order valence-electron chi connectivity index (χ0n) is 15.5. The molecular weight excluding hydrogens is 410 g/mol. The Labute approximate surface area is 173 Å². The van der Waals surface area contributed by atoms with E-state index in [1.54, 1.807) is 36.7 Å². The molecule has 1 aromatic carbocycles. The van der Waals surface area contributed by atoms with Gasteiger partial charge >= 0.3 is 0 Å². The van der Waals surface area contributed by atoms with Crippen molar-refractivity contribution < 1.29 is 8.42 Å². The Morgan fingerprint density at radius 2 is 1.97 bits per heavy atom. The smallest absolute Gasteiger partial charge is 0.269 e. The maximum absolute atomic E-state index is 13.2. The van der Waals surface area contributed by atoms with Crippen molar-refractivity contribution in [1.29, 1.82) is 0 Å². The lowest BCUT2D eigenvalue weighted by molar-refractivity contribution is 0.588. The summed E-state index contributed by atoms with van der Waals surface area (Å²) < 4.78 is 27.8. The first-order valence-electron chi connectivity index (χ1n) is 8.82. The molecule has 148 valence electrons. The number of aromatic nitrogens is 3. The number of pyridine rings is 2. The molecule has 9 heteroatoms. The number of hydrogen-bond acceptors (Lipinski definition) is 6. The predicted molar refractivity (Wildman–Crippen MR) is 114 cm³/mol. The Bertz CT molecular complexity index is 1270. The van der Waals surface area contributed by atoms with Crippen molar-refractivity contribution >= 4 is 44.0 Å². The maximum Gasteiger partial charge on any atom is 0.269 e. The number of nitrogens with one attached hydrogen (secondary N) is 2. The Morgan fingerprint density at radius 3 is 2.69 bits per heavy atom. The monoisotopic (exact) mass is 427 g/mol. The molecule has 7 nitrogen and oxygen atoms in total. The third kappa shape index (κ3) is 3.69. The molecule has 0 aliphatic carbocycles. The minimum atomic E-state index is -3.80. The average Bonchev–Trinajstić information content (AvgIpc) is 3.09. The minimum absolute atomic E-state index is 0.124. The van der Waals surface area contributed by atoms with Crippen LogP contribution in [0.3, 0.4) is 0 Å². The third-order valence-corrected chi connectivity index (χ3v) is 6.40. The van der Waals surface area contributed by atoms with E-state index < -0.39 is 10.0 Å². The topological polar surface area (TPSA) is 88.9 Å². The van der Waals surface area contributed by atoms with Gasteiger partial charge in [0.05, 0.1) is 10.5 Å². The average molecular weight is 428 g/mol. The highest BCUT2D eigenvalue weighted by Crippen LogP contribution is 2.30. The predicted octanol–water partition coefficient (Wildman–Crippen LogP) is 3.78. The van der Waals surface area contributed by atoms with E-state index in [9.17, 15) is 8.42 Å². The molecule has 0 fully saturated rings. The van der Waals surface area contributed by atoms with Crippen LogP contribution in [0.4, 0.5) is 11.5 Å². The number of hydrogen-bond donors (Lipinski definition) is 2. The van der Waals surface area contributed by atoms with Crippen LogP contribution >= 0.6 is 11.6 Å². The van der Waals surface area contributed by atoms with Crippen molar-refractivity contribution in [2.75, 3.05) is 12.4 Å². The van der Waals surface area contributed by atoms with Crippen LogP contribution < -0.4 is 10.6 Å². The highest BCUT2D eigenvalue weighted by atomic mass is 35.5. The maximum atomic E-state index is 13.2. The molecule has 3 aromatic heterocycles. The second-order valence-electron chi connectivity index (χ2n) is 6.37. The Hall–Kier alpha value is -2.94. The summed E-state index contributed by atoms with van der Waals surface area (Å²) >= 11 is 6.18. The summed E-state index contributed by atoms with van der Waals surface area (Å²) in [7, 11) is -1.99. The molecule has 0 bridgehead atoms. The van der Waals surface area contributed by atoms with Gasteiger partial charge in [0.1, 0.15) is 10.7 Å². The first-order chi connectivity index (χ1) is 14.0. The van der Waals surface area contributed by atoms with Crippen LogP contribution in [-0.4, -0.2) is 29.4 Å². The SMILES string of the molecule is CNCc1cn(S(=O)(=O)c2cccnc2)c2cc(Nc3ncccc3Cl)ccc12. The lowest BCUT2D eigenvalue weighted by Gasteiger charge is -2.10. The van der Waals surface area contributed by atoms with Gasteiger partial charge in [-0.05, 0) is 49.0 Å². The first kappa shape index (κ1) is 19.4. The fraction of sp³-hybridized carbons (Fsp3) is 0.100. The molecule has 0 aliphatic rings. The molecule has 0 amide bonds. The Balaban J connectivity index is 1.86. The largest absolute Gasteiger partial charge is 0.339 e. The summed E-state index contributed by atoms with van der Waals surface area (Å²) in [5.41, 5.74) is 2.10. The van der Waals surface area contributed by atoms with E-state index >= 15 is 0 Å². The first-order valence-corrected chi connectivity index (χ1v) is 10.6. The van der Waals surface area contributed by atoms with Gasteiger partial charge in [0.15, 0.2) is 0 Å². The van der Waals surface area contributed by atoms with Crippen LogP contribution in [0.2, 0.25) is 5.02 Å². The molecule has 29 heavy (non-hydrogen) atoms. The van der Waals surface area contributed by atoms with Gasteiger partial charge < -0.3 is 10.6 Å². The molecule has 0 aliphatic heterocycles. The van der Waals surface area contributed by atoms with Crippen LogP contribution in [0.15, 0.2) is 72.1 Å². The van der Waals surface area contributed by atoms with E-state index in [0.717, 1.165) is 10.9 Å². The number of benzene rings is 1. The second kappa shape index (κ2) is 7.82. The van der Waals surface area contributed by atoms with Crippen LogP contribution in [0.25, 0.3) is 10.9 Å². The standard InChI is InChI=1S/C20H18ClN5O2S/c1-22-11-14-13-26(29(27,28)16-4-2-8-23-12-16)19-10-15(6-7-17(14)19)25-20-18(21)5-3-9-24-20/h2-10,12-13,22H,11H2,1H3,(H,24,25). The van der Waals surface area contributed by atoms with Gasteiger partial charge in [-0.15, -0.1) is 0 Å². The van der Waals surface area contributed by atoms with Gasteiger partial charge in [-0.1, -0.05) is 17.7 Å². The lowest BCUT2D eigenvalue weighted by atomic mass is 10.1. The van der Waals surface area contributed by atoms with E-state index in [-0.39, 0.29) is 4.90 Å². The number of anilines is 2. The van der Waals surface area contributed by atoms with Crippen molar-refractivity contribution in [2.24, 2.45) is 0 Å². The van der Waals surface area contributed by atoms with Crippen LogP contribution in [0.1, 0.15) is 5.56 Å². The lowest BCUT2D eigenvalue weighted by Crippen LogP contribution is -2.12. The summed E-state index contributed by atoms with van der Waals surface area (Å²) in [4.78, 5) is 8.29. The minimum Gasteiger partial charge on any atom is -0.339 e. The summed E-state index contributed by atoms with van der Waals surface area (Å²) in [6.45, 7) is 0.533. The fourth-order valence-electron chi connectivity index (χ4n) is 3.10. The third-order valence-electron chi connectivity index (χ3n) is 4.43. The molecule has 3 heterocycles.